The number of carboxylic acid groups (broad SMARTS) is 1. The van der Waals surface area contributed by atoms with Gasteiger partial charge in [0.05, 0.1) is 37.3 Å². The van der Waals surface area contributed by atoms with Crippen LogP contribution >= 0.6 is 11.8 Å². The molecule has 35 heavy (non-hydrogen) atoms. The third-order valence-electron chi connectivity index (χ3n) is 6.08. The largest absolute Gasteiger partial charge is 0.493 e. The van der Waals surface area contributed by atoms with Crippen LogP contribution in [0.1, 0.15) is 17.4 Å². The van der Waals surface area contributed by atoms with Crippen LogP contribution in [0.2, 0.25) is 0 Å². The van der Waals surface area contributed by atoms with E-state index in [2.05, 4.69) is 4.98 Å². The second-order valence-electron chi connectivity index (χ2n) is 8.16. The zero-order chi connectivity index (χ0) is 24.5. The molecular formula is C27H24N2O5S. The summed E-state index contributed by atoms with van der Waals surface area (Å²) in [5, 5.41) is 9.21. The molecule has 2 unspecified atom stereocenters. The van der Waals surface area contributed by atoms with E-state index in [1.165, 1.54) is 11.8 Å². The van der Waals surface area contributed by atoms with Gasteiger partial charge in [0.1, 0.15) is 5.37 Å². The number of amides is 1. The molecule has 0 saturated carbocycles. The van der Waals surface area contributed by atoms with Crippen molar-refractivity contribution in [1.29, 1.82) is 0 Å². The fourth-order valence-electron chi connectivity index (χ4n) is 4.49. The molecule has 3 aromatic carbocycles. The molecule has 1 aliphatic heterocycles. The van der Waals surface area contributed by atoms with Crippen LogP contribution in [0.25, 0.3) is 22.2 Å². The fourth-order valence-corrected chi connectivity index (χ4v) is 5.91. The smallest absolute Gasteiger partial charge is 0.305 e. The quantitative estimate of drug-likeness (QED) is 0.358. The molecule has 1 amide bonds. The predicted molar refractivity (Wildman–Crippen MR) is 137 cm³/mol. The van der Waals surface area contributed by atoms with Crippen LogP contribution in [0, 0.1) is 0 Å². The Kier molecular flexibility index (Phi) is 6.13. The fraction of sp³-hybridized carbons (Fsp3) is 0.185. The number of fused-ring (bicyclic) bond motifs is 1. The highest BCUT2D eigenvalue weighted by molar-refractivity contribution is 8.01. The van der Waals surface area contributed by atoms with Gasteiger partial charge >= 0.3 is 5.97 Å². The molecule has 178 valence electrons. The normalized spacial score (nSPS) is 17.7. The summed E-state index contributed by atoms with van der Waals surface area (Å²) >= 11 is 1.34. The van der Waals surface area contributed by atoms with Crippen molar-refractivity contribution >= 4 is 40.2 Å². The number of benzene rings is 3. The molecule has 1 aliphatic rings. The van der Waals surface area contributed by atoms with E-state index < -0.39 is 16.6 Å². The molecule has 0 aliphatic carbocycles. The summed E-state index contributed by atoms with van der Waals surface area (Å²) in [4.78, 5) is 30.6. The molecule has 8 heteroatoms. The van der Waals surface area contributed by atoms with Crippen LogP contribution in [-0.4, -0.2) is 41.4 Å². The van der Waals surface area contributed by atoms with Crippen molar-refractivity contribution in [2.75, 3.05) is 19.1 Å². The minimum Gasteiger partial charge on any atom is -0.493 e. The Balaban J connectivity index is 1.72. The van der Waals surface area contributed by atoms with Crippen LogP contribution in [-0.2, 0) is 9.59 Å². The van der Waals surface area contributed by atoms with Gasteiger partial charge in [-0.3, -0.25) is 14.5 Å². The zero-order valence-corrected chi connectivity index (χ0v) is 20.0. The average molecular weight is 489 g/mol. The van der Waals surface area contributed by atoms with Gasteiger partial charge in [-0.15, -0.1) is 11.8 Å². The highest BCUT2D eigenvalue weighted by Gasteiger charge is 2.45. The molecule has 0 radical (unpaired) electrons. The van der Waals surface area contributed by atoms with E-state index in [4.69, 9.17) is 9.47 Å². The van der Waals surface area contributed by atoms with Crippen molar-refractivity contribution in [2.24, 2.45) is 0 Å². The second kappa shape index (κ2) is 9.38. The molecule has 4 aromatic rings. The molecular weight excluding hydrogens is 464 g/mol. The van der Waals surface area contributed by atoms with Crippen molar-refractivity contribution in [3.05, 3.63) is 78.4 Å². The molecule has 0 bridgehead atoms. The third kappa shape index (κ3) is 4.10. The number of rotatable bonds is 7. The maximum absolute atomic E-state index is 13.8. The second-order valence-corrected chi connectivity index (χ2v) is 9.45. The monoisotopic (exact) mass is 488 g/mol. The summed E-state index contributed by atoms with van der Waals surface area (Å²) in [6.45, 7) is 0. The standard InChI is InChI=1S/C27H24N2O5S/c1-33-20-13-12-17(14-21(20)34-2)27-29(26(32)22(35-27)15-23(30)31)25-18-10-6-7-11-19(18)28-24(25)16-8-4-3-5-9-16/h3-14,22,27-28H,15H2,1-2H3,(H,30,31). The average Bonchev–Trinajstić information content (AvgIpc) is 3.41. The lowest BCUT2D eigenvalue weighted by atomic mass is 10.1. The first-order valence-electron chi connectivity index (χ1n) is 11.1. The lowest BCUT2D eigenvalue weighted by Crippen LogP contribution is -2.32. The number of nitrogens with zero attached hydrogens (tertiary/aromatic N) is 1. The molecule has 1 fully saturated rings. The molecule has 1 saturated heterocycles. The number of nitrogens with one attached hydrogen (secondary N) is 1. The zero-order valence-electron chi connectivity index (χ0n) is 19.2. The summed E-state index contributed by atoms with van der Waals surface area (Å²) < 4.78 is 10.9. The van der Waals surface area contributed by atoms with E-state index in [0.29, 0.717) is 11.5 Å². The topological polar surface area (TPSA) is 91.9 Å². The molecule has 0 spiro atoms. The predicted octanol–water partition coefficient (Wildman–Crippen LogP) is 5.47. The summed E-state index contributed by atoms with van der Waals surface area (Å²) in [6, 6.07) is 23.2. The first-order chi connectivity index (χ1) is 17.0. The van der Waals surface area contributed by atoms with Gasteiger partial charge in [0, 0.05) is 16.5 Å². The van der Waals surface area contributed by atoms with Crippen molar-refractivity contribution in [1.82, 2.24) is 4.98 Å². The van der Waals surface area contributed by atoms with Crippen molar-refractivity contribution in [3.8, 4) is 22.8 Å². The number of ether oxygens (including phenoxy) is 2. The maximum Gasteiger partial charge on any atom is 0.305 e. The number of hydrogen-bond acceptors (Lipinski definition) is 5. The number of hydrogen-bond donors (Lipinski definition) is 2. The van der Waals surface area contributed by atoms with Crippen LogP contribution < -0.4 is 14.4 Å². The number of carbonyl (C=O) groups is 2. The Labute approximate surface area is 206 Å². The number of para-hydroxylation sites is 1. The van der Waals surface area contributed by atoms with E-state index in [0.717, 1.165) is 33.4 Å². The Morgan fingerprint density at radius 1 is 1.00 bits per heavy atom. The highest BCUT2D eigenvalue weighted by atomic mass is 32.2. The van der Waals surface area contributed by atoms with E-state index in [-0.39, 0.29) is 12.3 Å². The van der Waals surface area contributed by atoms with Crippen LogP contribution in [0.4, 0.5) is 5.69 Å². The van der Waals surface area contributed by atoms with Crippen molar-refractivity contribution in [3.63, 3.8) is 0 Å². The van der Waals surface area contributed by atoms with E-state index in [9.17, 15) is 14.7 Å². The van der Waals surface area contributed by atoms with Crippen LogP contribution in [0.3, 0.4) is 0 Å². The molecule has 5 rings (SSSR count). The van der Waals surface area contributed by atoms with Gasteiger partial charge in [-0.25, -0.2) is 0 Å². The molecule has 2 N–H and O–H groups in total. The summed E-state index contributed by atoms with van der Waals surface area (Å²) in [7, 11) is 3.13. The van der Waals surface area contributed by atoms with Gasteiger partial charge in [0.25, 0.3) is 0 Å². The van der Waals surface area contributed by atoms with E-state index in [1.807, 2.05) is 66.7 Å². The van der Waals surface area contributed by atoms with Crippen LogP contribution in [0.15, 0.2) is 72.8 Å². The number of carbonyl (C=O) groups excluding carboxylic acids is 1. The van der Waals surface area contributed by atoms with Gasteiger partial charge in [0.2, 0.25) is 5.91 Å². The van der Waals surface area contributed by atoms with E-state index in [1.54, 1.807) is 25.2 Å². The SMILES string of the molecule is COc1ccc(C2SC(CC(=O)O)C(=O)N2c2c(-c3ccccc3)[nH]c3ccccc23)cc1OC. The van der Waals surface area contributed by atoms with Crippen molar-refractivity contribution in [2.45, 2.75) is 17.0 Å². The molecule has 2 atom stereocenters. The lowest BCUT2D eigenvalue weighted by molar-refractivity contribution is -0.138. The maximum atomic E-state index is 13.8. The minimum absolute atomic E-state index is 0.237. The Morgan fingerprint density at radius 2 is 1.71 bits per heavy atom. The molecule has 7 nitrogen and oxygen atoms in total. The van der Waals surface area contributed by atoms with Gasteiger partial charge in [-0.1, -0.05) is 54.6 Å². The van der Waals surface area contributed by atoms with Crippen LogP contribution in [0.5, 0.6) is 11.5 Å². The number of H-pyrrole nitrogens is 1. The number of carboxylic acids is 1. The Morgan fingerprint density at radius 3 is 2.43 bits per heavy atom. The number of aliphatic carboxylic acids is 1. The molecule has 2 heterocycles. The molecule has 1 aromatic heterocycles. The highest BCUT2D eigenvalue weighted by Crippen LogP contribution is 2.52. The minimum atomic E-state index is -1.01. The first kappa shape index (κ1) is 22.9. The number of aromatic nitrogens is 1. The number of thioether (sulfide) groups is 1. The van der Waals surface area contributed by atoms with Gasteiger partial charge in [0.15, 0.2) is 11.5 Å². The van der Waals surface area contributed by atoms with Gasteiger partial charge in [-0.05, 0) is 23.8 Å². The van der Waals surface area contributed by atoms with Gasteiger partial charge < -0.3 is 19.6 Å². The van der Waals surface area contributed by atoms with E-state index >= 15 is 0 Å². The first-order valence-corrected chi connectivity index (χ1v) is 12.0. The number of aromatic amines is 1. The van der Waals surface area contributed by atoms with Gasteiger partial charge in [-0.2, -0.15) is 0 Å². The lowest BCUT2D eigenvalue weighted by Gasteiger charge is -2.26. The summed E-state index contributed by atoms with van der Waals surface area (Å²) in [6.07, 6.45) is -0.257. The number of anilines is 1. The Hall–Kier alpha value is -3.91. The summed E-state index contributed by atoms with van der Waals surface area (Å²) in [5.41, 5.74) is 4.19. The third-order valence-corrected chi connectivity index (χ3v) is 7.51. The van der Waals surface area contributed by atoms with Crippen molar-refractivity contribution < 1.29 is 24.2 Å². The summed E-state index contributed by atoms with van der Waals surface area (Å²) in [5.74, 6) is -0.122. The Bertz CT molecular complexity index is 1400. The number of methoxy groups -OCH3 is 2.